The molecular weight excluding hydrogens is 406 g/mol. The zero-order valence-electron chi connectivity index (χ0n) is 19.3. The molecule has 0 fully saturated rings. The van der Waals surface area contributed by atoms with Gasteiger partial charge in [0.15, 0.2) is 17.3 Å². The molecule has 3 rings (SSSR count). The minimum atomic E-state index is -0.372. The van der Waals surface area contributed by atoms with Gasteiger partial charge < -0.3 is 25.2 Å². The third-order valence-corrected chi connectivity index (χ3v) is 5.64. The first-order valence-corrected chi connectivity index (χ1v) is 10.9. The number of nitrogens with two attached hydrogens (primary N) is 1. The van der Waals surface area contributed by atoms with Crippen molar-refractivity contribution in [2.75, 3.05) is 26.8 Å². The number of methoxy groups -OCH3 is 1. The average Bonchev–Trinajstić information content (AvgIpc) is 3.05. The number of Topliss-reactive ketones (excluding diaryl/α,β-unsaturated/α-hetero) is 1. The fraction of sp³-hybridized carbons (Fsp3) is 0.440. The second-order valence-corrected chi connectivity index (χ2v) is 9.12. The van der Waals surface area contributed by atoms with Crippen molar-refractivity contribution in [3.63, 3.8) is 0 Å². The molecule has 0 amide bonds. The maximum absolute atomic E-state index is 13.2. The predicted octanol–water partition coefficient (Wildman–Crippen LogP) is 3.84. The van der Waals surface area contributed by atoms with Crippen LogP contribution < -0.4 is 15.2 Å². The third kappa shape index (κ3) is 5.05. The summed E-state index contributed by atoms with van der Waals surface area (Å²) in [4.78, 5) is 15.0. The number of rotatable bonds is 9. The largest absolute Gasteiger partial charge is 0.504 e. The van der Waals surface area contributed by atoms with Crippen LogP contribution in [0.4, 0.5) is 0 Å². The van der Waals surface area contributed by atoms with Crippen molar-refractivity contribution in [2.45, 2.75) is 45.6 Å². The summed E-state index contributed by atoms with van der Waals surface area (Å²) >= 11 is 0. The van der Waals surface area contributed by atoms with Gasteiger partial charge in [-0.05, 0) is 60.7 Å². The van der Waals surface area contributed by atoms with E-state index in [2.05, 4.69) is 0 Å². The second kappa shape index (κ2) is 9.61. The molecule has 0 unspecified atom stereocenters. The van der Waals surface area contributed by atoms with Crippen molar-refractivity contribution in [3.05, 3.63) is 52.6 Å². The number of ketones is 1. The van der Waals surface area contributed by atoms with Crippen LogP contribution in [0.2, 0.25) is 0 Å². The maximum Gasteiger partial charge on any atom is 0.182 e. The number of hydrogen-bond acceptors (Lipinski definition) is 6. The molecule has 0 radical (unpaired) electrons. The van der Waals surface area contributed by atoms with E-state index in [9.17, 15) is 9.90 Å². The smallest absolute Gasteiger partial charge is 0.182 e. The summed E-state index contributed by atoms with van der Waals surface area (Å²) in [5.74, 6) is 1.29. The van der Waals surface area contributed by atoms with E-state index in [-0.39, 0.29) is 23.5 Å². The van der Waals surface area contributed by atoms with Gasteiger partial charge in [0.25, 0.3) is 0 Å². The molecule has 1 aliphatic heterocycles. The Balaban J connectivity index is 1.83. The first-order valence-electron chi connectivity index (χ1n) is 10.9. The summed E-state index contributed by atoms with van der Waals surface area (Å²) in [6.07, 6.45) is 1.60. The molecule has 7 heteroatoms. The quantitative estimate of drug-likeness (QED) is 0.405. The molecule has 0 aliphatic carbocycles. The highest BCUT2D eigenvalue weighted by molar-refractivity contribution is 6.05. The number of nitrogens with one attached hydrogen (secondary N) is 1. The number of carbonyl (C=O) groups is 1. The zero-order chi connectivity index (χ0) is 23.5. The van der Waals surface area contributed by atoms with E-state index in [1.165, 1.54) is 0 Å². The minimum Gasteiger partial charge on any atom is -0.504 e. The van der Waals surface area contributed by atoms with Gasteiger partial charge in [0.1, 0.15) is 11.6 Å². The molecule has 0 saturated carbocycles. The number of phenols is 1. The summed E-state index contributed by atoms with van der Waals surface area (Å²) in [5.41, 5.74) is 8.06. The molecule has 0 aromatic heterocycles. The van der Waals surface area contributed by atoms with Gasteiger partial charge in [0.05, 0.1) is 20.3 Å². The number of aromatic hydroxyl groups is 1. The van der Waals surface area contributed by atoms with Crippen LogP contribution in [0.5, 0.6) is 17.2 Å². The molecule has 0 saturated heterocycles. The Morgan fingerprint density at radius 2 is 1.97 bits per heavy atom. The van der Waals surface area contributed by atoms with Crippen molar-refractivity contribution < 1.29 is 19.4 Å². The molecule has 172 valence electrons. The van der Waals surface area contributed by atoms with Crippen LogP contribution >= 0.6 is 0 Å². The molecule has 0 atom stereocenters. The molecule has 1 aliphatic rings. The Morgan fingerprint density at radius 1 is 1.22 bits per heavy atom. The van der Waals surface area contributed by atoms with E-state index in [4.69, 9.17) is 20.6 Å². The number of unbranched alkanes of at least 4 members (excludes halogenated alkanes) is 1. The Morgan fingerprint density at radius 3 is 2.62 bits per heavy atom. The Hall–Kier alpha value is -3.06. The number of benzene rings is 2. The Kier molecular flexibility index (Phi) is 7.09. The van der Waals surface area contributed by atoms with Crippen LogP contribution in [0.25, 0.3) is 0 Å². The van der Waals surface area contributed by atoms with Gasteiger partial charge in [0.2, 0.25) is 0 Å². The number of nitrogens with zero attached hydrogens (tertiary/aromatic N) is 1. The zero-order valence-corrected chi connectivity index (χ0v) is 19.3. The highest BCUT2D eigenvalue weighted by atomic mass is 16.5. The second-order valence-electron chi connectivity index (χ2n) is 9.12. The van der Waals surface area contributed by atoms with E-state index >= 15 is 0 Å². The normalized spacial score (nSPS) is 13.3. The fourth-order valence-electron chi connectivity index (χ4n) is 3.79. The van der Waals surface area contributed by atoms with Crippen LogP contribution in [0.15, 0.2) is 30.3 Å². The van der Waals surface area contributed by atoms with Crippen molar-refractivity contribution >= 4 is 11.6 Å². The van der Waals surface area contributed by atoms with E-state index in [1.54, 1.807) is 24.1 Å². The summed E-state index contributed by atoms with van der Waals surface area (Å²) in [6, 6.07) is 8.92. The highest BCUT2D eigenvalue weighted by Crippen LogP contribution is 2.39. The van der Waals surface area contributed by atoms with E-state index in [0.29, 0.717) is 42.4 Å². The minimum absolute atomic E-state index is 0.0650. The van der Waals surface area contributed by atoms with Crippen molar-refractivity contribution in [1.82, 2.24) is 4.90 Å². The summed E-state index contributed by atoms with van der Waals surface area (Å²) in [7, 11) is 1.61. The van der Waals surface area contributed by atoms with Gasteiger partial charge in [0, 0.05) is 23.2 Å². The lowest BCUT2D eigenvalue weighted by Gasteiger charge is -2.24. The molecule has 32 heavy (non-hydrogen) atoms. The Bertz CT molecular complexity index is 1010. The summed E-state index contributed by atoms with van der Waals surface area (Å²) in [5, 5.41) is 19.2. The molecule has 7 nitrogen and oxygen atoms in total. The predicted molar refractivity (Wildman–Crippen MR) is 125 cm³/mol. The molecule has 0 spiro atoms. The average molecular weight is 440 g/mol. The van der Waals surface area contributed by atoms with Crippen molar-refractivity contribution in [2.24, 2.45) is 5.73 Å². The van der Waals surface area contributed by atoms with Gasteiger partial charge in [-0.3, -0.25) is 10.2 Å². The van der Waals surface area contributed by atoms with Gasteiger partial charge in [-0.1, -0.05) is 20.8 Å². The summed E-state index contributed by atoms with van der Waals surface area (Å²) < 4.78 is 11.1. The number of amidine groups is 1. The topological polar surface area (TPSA) is 109 Å². The molecule has 4 N–H and O–H groups in total. The third-order valence-electron chi connectivity index (χ3n) is 5.64. The van der Waals surface area contributed by atoms with Gasteiger partial charge in [-0.15, -0.1) is 0 Å². The van der Waals surface area contributed by atoms with Crippen LogP contribution in [0.3, 0.4) is 0 Å². The van der Waals surface area contributed by atoms with Gasteiger partial charge >= 0.3 is 0 Å². The van der Waals surface area contributed by atoms with Crippen molar-refractivity contribution in [1.29, 1.82) is 5.41 Å². The van der Waals surface area contributed by atoms with Crippen LogP contribution in [-0.4, -0.2) is 48.4 Å². The SMILES string of the molecule is COc1ccc2c(c1)CN(CC(=O)c1cc(OCCCCN)c(O)c(C(C)(C)C)c1)C2=N. The molecular formula is C25H33N3O4. The molecule has 0 bridgehead atoms. The number of phenolic OH excluding ortho intramolecular Hbond substituents is 1. The lowest BCUT2D eigenvalue weighted by molar-refractivity contribution is 0.0962. The number of carbonyl (C=O) groups excluding carboxylic acids is 1. The van der Waals surface area contributed by atoms with E-state index < -0.39 is 0 Å². The lowest BCUT2D eigenvalue weighted by Crippen LogP contribution is -2.30. The lowest BCUT2D eigenvalue weighted by atomic mass is 9.84. The maximum atomic E-state index is 13.2. The Labute approximate surface area is 189 Å². The molecule has 2 aromatic carbocycles. The van der Waals surface area contributed by atoms with Crippen molar-refractivity contribution in [3.8, 4) is 17.2 Å². The van der Waals surface area contributed by atoms with Gasteiger partial charge in [-0.25, -0.2) is 0 Å². The number of fused-ring (bicyclic) bond motifs is 1. The molecule has 1 heterocycles. The van der Waals surface area contributed by atoms with Crippen LogP contribution in [-0.2, 0) is 12.0 Å². The van der Waals surface area contributed by atoms with E-state index in [0.717, 1.165) is 29.7 Å². The monoisotopic (exact) mass is 439 g/mol. The number of hydrogen-bond donors (Lipinski definition) is 3. The fourth-order valence-corrected chi connectivity index (χ4v) is 3.79. The first kappa shape index (κ1) is 23.6. The van der Waals surface area contributed by atoms with Crippen LogP contribution in [0, 0.1) is 5.41 Å². The standard InChI is InChI=1S/C25H33N3O4/c1-25(2,3)20-12-16(13-22(23(20)30)32-10-6-5-9-26)21(29)15-28-14-17-11-18(31-4)7-8-19(17)24(28)27/h7-8,11-13,27,30H,5-6,9-10,14-15,26H2,1-4H3. The van der Waals surface area contributed by atoms with Gasteiger partial charge in [-0.2, -0.15) is 0 Å². The first-order chi connectivity index (χ1) is 15.2. The van der Waals surface area contributed by atoms with E-state index in [1.807, 2.05) is 39.0 Å². The van der Waals surface area contributed by atoms with Crippen LogP contribution in [0.1, 0.15) is 60.7 Å². The summed E-state index contributed by atoms with van der Waals surface area (Å²) in [6.45, 7) is 7.48. The number of ether oxygens (including phenoxy) is 2. The molecule has 2 aromatic rings. The highest BCUT2D eigenvalue weighted by Gasteiger charge is 2.28.